The molecule has 98 valence electrons. The third-order valence-electron chi connectivity index (χ3n) is 3.37. The number of nitrogens with zero attached hydrogens (tertiary/aromatic N) is 1. The fraction of sp³-hybridized carbons (Fsp3) is 0.500. The number of anilines is 1. The first-order chi connectivity index (χ1) is 8.69. The number of likely N-dealkylation sites (tertiary alicyclic amines) is 1. The summed E-state index contributed by atoms with van der Waals surface area (Å²) in [4.78, 5) is 2.15. The maximum Gasteiger partial charge on any atom is 0.173 e. The van der Waals surface area contributed by atoms with Crippen LogP contribution in [0.15, 0.2) is 24.3 Å². The highest BCUT2D eigenvalue weighted by atomic mass is 32.1. The smallest absolute Gasteiger partial charge is 0.173 e. The first-order valence-corrected chi connectivity index (χ1v) is 6.83. The number of benzene rings is 1. The molecule has 1 aromatic rings. The minimum Gasteiger partial charge on any atom is -0.396 e. The fourth-order valence-electron chi connectivity index (χ4n) is 2.24. The molecule has 4 heteroatoms. The van der Waals surface area contributed by atoms with Gasteiger partial charge in [-0.1, -0.05) is 17.7 Å². The molecule has 0 aliphatic carbocycles. The Morgan fingerprint density at radius 1 is 1.44 bits per heavy atom. The van der Waals surface area contributed by atoms with E-state index >= 15 is 0 Å². The van der Waals surface area contributed by atoms with Crippen molar-refractivity contribution in [1.29, 1.82) is 0 Å². The molecule has 1 aliphatic rings. The Balaban J connectivity index is 1.93. The molecule has 0 bridgehead atoms. The summed E-state index contributed by atoms with van der Waals surface area (Å²) in [6.45, 7) is 4.16. The number of rotatable bonds is 2. The predicted octanol–water partition coefficient (Wildman–Crippen LogP) is 2.40. The van der Waals surface area contributed by atoms with E-state index in [-0.39, 0.29) is 6.61 Å². The van der Waals surface area contributed by atoms with Crippen LogP contribution in [0.4, 0.5) is 5.69 Å². The van der Waals surface area contributed by atoms with Gasteiger partial charge in [0.05, 0.1) is 0 Å². The average molecular weight is 264 g/mol. The summed E-state index contributed by atoms with van der Waals surface area (Å²) < 4.78 is 0. The molecular weight excluding hydrogens is 244 g/mol. The Kier molecular flexibility index (Phi) is 4.55. The van der Waals surface area contributed by atoms with Gasteiger partial charge >= 0.3 is 0 Å². The van der Waals surface area contributed by atoms with E-state index in [2.05, 4.69) is 29.3 Å². The third-order valence-corrected chi connectivity index (χ3v) is 3.73. The number of aliphatic hydroxyl groups is 1. The minimum absolute atomic E-state index is 0.254. The first-order valence-electron chi connectivity index (χ1n) is 6.42. The van der Waals surface area contributed by atoms with Crippen LogP contribution in [0, 0.1) is 12.8 Å². The monoisotopic (exact) mass is 264 g/mol. The zero-order valence-electron chi connectivity index (χ0n) is 10.7. The second kappa shape index (κ2) is 6.16. The van der Waals surface area contributed by atoms with Gasteiger partial charge in [0.15, 0.2) is 5.11 Å². The topological polar surface area (TPSA) is 35.5 Å². The summed E-state index contributed by atoms with van der Waals surface area (Å²) in [5.41, 5.74) is 2.27. The maximum atomic E-state index is 9.22. The van der Waals surface area contributed by atoms with Crippen molar-refractivity contribution >= 4 is 23.0 Å². The Labute approximate surface area is 114 Å². The number of piperidine rings is 1. The third kappa shape index (κ3) is 3.43. The lowest BCUT2D eigenvalue weighted by atomic mass is 9.99. The second-order valence-corrected chi connectivity index (χ2v) is 5.32. The number of thiocarbonyl (C=S) groups is 1. The van der Waals surface area contributed by atoms with E-state index < -0.39 is 0 Å². The highest BCUT2D eigenvalue weighted by Crippen LogP contribution is 2.17. The molecule has 1 fully saturated rings. The Hall–Kier alpha value is -1.13. The standard InChI is InChI=1S/C14H20N2OS/c1-11-4-6-13(7-5-11)15-14(18)16-8-2-3-12(9-16)10-17/h4-7,12,17H,2-3,8-10H2,1H3,(H,15,18). The molecule has 1 aliphatic heterocycles. The van der Waals surface area contributed by atoms with Gasteiger partial charge in [-0.3, -0.25) is 0 Å². The highest BCUT2D eigenvalue weighted by molar-refractivity contribution is 7.80. The molecule has 0 spiro atoms. The van der Waals surface area contributed by atoms with Crippen LogP contribution in [-0.2, 0) is 0 Å². The van der Waals surface area contributed by atoms with Crippen LogP contribution in [0.1, 0.15) is 18.4 Å². The van der Waals surface area contributed by atoms with E-state index in [0.29, 0.717) is 5.92 Å². The number of hydrogen-bond acceptors (Lipinski definition) is 2. The molecule has 1 atom stereocenters. The molecule has 2 N–H and O–H groups in total. The van der Waals surface area contributed by atoms with Crippen molar-refractivity contribution in [3.8, 4) is 0 Å². The van der Waals surface area contributed by atoms with Crippen LogP contribution in [-0.4, -0.2) is 34.8 Å². The van der Waals surface area contributed by atoms with E-state index in [4.69, 9.17) is 12.2 Å². The quantitative estimate of drug-likeness (QED) is 0.804. The fourth-order valence-corrected chi connectivity index (χ4v) is 2.52. The normalized spacial score (nSPS) is 19.7. The molecule has 1 heterocycles. The Bertz CT molecular complexity index is 405. The molecule has 18 heavy (non-hydrogen) atoms. The molecule has 0 amide bonds. The zero-order valence-corrected chi connectivity index (χ0v) is 11.5. The number of nitrogens with one attached hydrogen (secondary N) is 1. The van der Waals surface area contributed by atoms with Crippen molar-refractivity contribution < 1.29 is 5.11 Å². The van der Waals surface area contributed by atoms with Gasteiger partial charge in [0.1, 0.15) is 0 Å². The molecule has 1 saturated heterocycles. The van der Waals surface area contributed by atoms with Crippen molar-refractivity contribution in [3.05, 3.63) is 29.8 Å². The van der Waals surface area contributed by atoms with E-state index in [1.807, 2.05) is 12.1 Å². The van der Waals surface area contributed by atoms with E-state index in [9.17, 15) is 5.11 Å². The van der Waals surface area contributed by atoms with Gasteiger partial charge in [-0.25, -0.2) is 0 Å². The van der Waals surface area contributed by atoms with Crippen LogP contribution in [0.25, 0.3) is 0 Å². The maximum absolute atomic E-state index is 9.22. The van der Waals surface area contributed by atoms with Crippen molar-refractivity contribution in [2.45, 2.75) is 19.8 Å². The summed E-state index contributed by atoms with van der Waals surface area (Å²) in [7, 11) is 0. The largest absolute Gasteiger partial charge is 0.396 e. The van der Waals surface area contributed by atoms with E-state index in [1.54, 1.807) is 0 Å². The van der Waals surface area contributed by atoms with Crippen molar-refractivity contribution in [3.63, 3.8) is 0 Å². The first kappa shape index (κ1) is 13.3. The lowest BCUT2D eigenvalue weighted by Crippen LogP contribution is -2.43. The molecule has 1 aromatic carbocycles. The van der Waals surface area contributed by atoms with Crippen LogP contribution in [0.3, 0.4) is 0 Å². The van der Waals surface area contributed by atoms with Gasteiger partial charge in [-0.15, -0.1) is 0 Å². The highest BCUT2D eigenvalue weighted by Gasteiger charge is 2.20. The van der Waals surface area contributed by atoms with Gasteiger partial charge in [0.25, 0.3) is 0 Å². The van der Waals surface area contributed by atoms with Crippen LogP contribution in [0.2, 0.25) is 0 Å². The summed E-state index contributed by atoms with van der Waals surface area (Å²) in [6, 6.07) is 8.21. The average Bonchev–Trinajstić information content (AvgIpc) is 2.41. The summed E-state index contributed by atoms with van der Waals surface area (Å²) in [5, 5.41) is 13.2. The molecule has 0 saturated carbocycles. The Morgan fingerprint density at radius 2 is 2.17 bits per heavy atom. The number of aryl methyl sites for hydroxylation is 1. The lowest BCUT2D eigenvalue weighted by Gasteiger charge is -2.33. The zero-order chi connectivity index (χ0) is 13.0. The van der Waals surface area contributed by atoms with Gasteiger partial charge in [-0.2, -0.15) is 0 Å². The summed E-state index contributed by atoms with van der Waals surface area (Å²) in [5.74, 6) is 0.358. The van der Waals surface area contributed by atoms with Crippen LogP contribution >= 0.6 is 12.2 Å². The molecular formula is C14H20N2OS. The minimum atomic E-state index is 0.254. The number of hydrogen-bond donors (Lipinski definition) is 2. The van der Waals surface area contributed by atoms with Crippen molar-refractivity contribution in [2.24, 2.45) is 5.92 Å². The lowest BCUT2D eigenvalue weighted by molar-refractivity contribution is 0.162. The van der Waals surface area contributed by atoms with Gasteiger partial charge < -0.3 is 15.3 Å². The molecule has 0 radical (unpaired) electrons. The van der Waals surface area contributed by atoms with E-state index in [1.165, 1.54) is 5.56 Å². The molecule has 3 nitrogen and oxygen atoms in total. The van der Waals surface area contributed by atoms with Crippen LogP contribution < -0.4 is 5.32 Å². The van der Waals surface area contributed by atoms with Crippen molar-refractivity contribution in [2.75, 3.05) is 25.0 Å². The summed E-state index contributed by atoms with van der Waals surface area (Å²) in [6.07, 6.45) is 2.20. The molecule has 0 aromatic heterocycles. The van der Waals surface area contributed by atoms with E-state index in [0.717, 1.165) is 36.7 Å². The summed E-state index contributed by atoms with van der Waals surface area (Å²) >= 11 is 5.42. The Morgan fingerprint density at radius 3 is 2.83 bits per heavy atom. The molecule has 1 unspecified atom stereocenters. The SMILES string of the molecule is Cc1ccc(NC(=S)N2CCCC(CO)C2)cc1. The second-order valence-electron chi connectivity index (χ2n) is 4.93. The predicted molar refractivity (Wildman–Crippen MR) is 78.8 cm³/mol. The molecule has 2 rings (SSSR count). The van der Waals surface area contributed by atoms with Gasteiger partial charge in [0.2, 0.25) is 0 Å². The van der Waals surface area contributed by atoms with Gasteiger partial charge in [-0.05, 0) is 50.0 Å². The van der Waals surface area contributed by atoms with Crippen molar-refractivity contribution in [1.82, 2.24) is 4.90 Å². The van der Waals surface area contributed by atoms with Crippen LogP contribution in [0.5, 0.6) is 0 Å². The van der Waals surface area contributed by atoms with Gasteiger partial charge in [0, 0.05) is 25.4 Å². The number of aliphatic hydroxyl groups excluding tert-OH is 1.